The number of para-hydroxylation sites is 1. The molecule has 0 amide bonds. The summed E-state index contributed by atoms with van der Waals surface area (Å²) in [4.78, 5) is 0. The lowest BCUT2D eigenvalue weighted by atomic mass is 10.0. The molecule has 2 rings (SSSR count). The number of aryl methyl sites for hydroxylation is 1. The maximum absolute atomic E-state index is 5.66. The van der Waals surface area contributed by atoms with Gasteiger partial charge in [0.1, 0.15) is 5.75 Å². The summed E-state index contributed by atoms with van der Waals surface area (Å²) in [5, 5.41) is 0. The van der Waals surface area contributed by atoms with Crippen molar-refractivity contribution in [1.82, 2.24) is 0 Å². The number of hydrogen-bond acceptors (Lipinski definition) is 1. The number of ether oxygens (including phenoxy) is 1. The second-order valence-corrected chi connectivity index (χ2v) is 3.56. The summed E-state index contributed by atoms with van der Waals surface area (Å²) in [7, 11) is 0. The first-order valence-electron chi connectivity index (χ1n) is 4.57. The van der Waals surface area contributed by atoms with Gasteiger partial charge in [-0.15, -0.1) is 0 Å². The molecule has 0 bridgehead atoms. The van der Waals surface area contributed by atoms with Crippen LogP contribution in [0.1, 0.15) is 18.9 Å². The second kappa shape index (κ2) is 3.18. The minimum atomic E-state index is 0.692. The zero-order chi connectivity index (χ0) is 8.39. The molecule has 1 aliphatic rings. The van der Waals surface area contributed by atoms with E-state index in [0.717, 1.165) is 18.8 Å². The first-order valence-corrected chi connectivity index (χ1v) is 4.57. The first-order chi connectivity index (χ1) is 5.86. The second-order valence-electron chi connectivity index (χ2n) is 3.56. The third-order valence-corrected chi connectivity index (χ3v) is 2.40. The smallest absolute Gasteiger partial charge is 0.122 e. The zero-order valence-electron chi connectivity index (χ0n) is 7.42. The monoisotopic (exact) mass is 162 g/mol. The fourth-order valence-electron chi connectivity index (χ4n) is 1.57. The normalized spacial score (nSPS) is 22.2. The predicted octanol–water partition coefficient (Wildman–Crippen LogP) is 2.65. The zero-order valence-corrected chi connectivity index (χ0v) is 7.42. The third-order valence-electron chi connectivity index (χ3n) is 2.40. The number of hydrogen-bond donors (Lipinski definition) is 0. The van der Waals surface area contributed by atoms with Crippen LogP contribution in [-0.4, -0.2) is 6.61 Å². The van der Waals surface area contributed by atoms with Crippen molar-refractivity contribution < 1.29 is 4.74 Å². The van der Waals surface area contributed by atoms with E-state index in [0.29, 0.717) is 5.92 Å². The van der Waals surface area contributed by atoms with Gasteiger partial charge in [0.25, 0.3) is 0 Å². The molecule has 0 spiro atoms. The van der Waals surface area contributed by atoms with Gasteiger partial charge in [-0.05, 0) is 30.4 Å². The van der Waals surface area contributed by atoms with Gasteiger partial charge < -0.3 is 4.74 Å². The number of benzene rings is 1. The van der Waals surface area contributed by atoms with Crippen molar-refractivity contribution in [3.63, 3.8) is 0 Å². The van der Waals surface area contributed by atoms with Gasteiger partial charge in [-0.2, -0.15) is 0 Å². The van der Waals surface area contributed by atoms with Gasteiger partial charge in [-0.1, -0.05) is 25.1 Å². The van der Waals surface area contributed by atoms with Crippen molar-refractivity contribution in [3.8, 4) is 5.75 Å². The van der Waals surface area contributed by atoms with Crippen molar-refractivity contribution >= 4 is 0 Å². The largest absolute Gasteiger partial charge is 0.493 e. The maximum Gasteiger partial charge on any atom is 0.122 e. The molecule has 64 valence electrons. The molecule has 1 aliphatic heterocycles. The van der Waals surface area contributed by atoms with Crippen LogP contribution in [0.3, 0.4) is 0 Å². The molecule has 0 saturated carbocycles. The molecular weight excluding hydrogens is 148 g/mol. The Balaban J connectivity index is 2.26. The van der Waals surface area contributed by atoms with Crippen LogP contribution in [0.2, 0.25) is 0 Å². The van der Waals surface area contributed by atoms with Crippen molar-refractivity contribution in [1.29, 1.82) is 0 Å². The Kier molecular flexibility index (Phi) is 2.03. The summed E-state index contributed by atoms with van der Waals surface area (Å²) in [6, 6.07) is 8.34. The molecule has 0 N–H and O–H groups in total. The Morgan fingerprint density at radius 2 is 2.17 bits per heavy atom. The van der Waals surface area contributed by atoms with Crippen molar-refractivity contribution in [2.75, 3.05) is 6.61 Å². The lowest BCUT2D eigenvalue weighted by Gasteiger charge is -2.06. The molecule has 0 radical (unpaired) electrons. The van der Waals surface area contributed by atoms with Gasteiger partial charge in [0.05, 0.1) is 6.61 Å². The summed E-state index contributed by atoms with van der Waals surface area (Å²) < 4.78 is 5.66. The molecule has 0 aromatic heterocycles. The molecule has 1 nitrogen and oxygen atoms in total. The quantitative estimate of drug-likeness (QED) is 0.570. The molecule has 1 heteroatoms. The van der Waals surface area contributed by atoms with E-state index in [9.17, 15) is 0 Å². The van der Waals surface area contributed by atoms with Crippen LogP contribution in [0.25, 0.3) is 0 Å². The molecule has 1 heterocycles. The topological polar surface area (TPSA) is 9.23 Å². The summed E-state index contributed by atoms with van der Waals surface area (Å²) in [5.74, 6) is 1.78. The van der Waals surface area contributed by atoms with E-state index in [4.69, 9.17) is 4.74 Å². The van der Waals surface area contributed by atoms with Crippen LogP contribution < -0.4 is 4.74 Å². The van der Waals surface area contributed by atoms with E-state index < -0.39 is 0 Å². The van der Waals surface area contributed by atoms with Gasteiger partial charge >= 0.3 is 0 Å². The van der Waals surface area contributed by atoms with Crippen LogP contribution in [0.5, 0.6) is 5.75 Å². The third kappa shape index (κ3) is 1.45. The van der Waals surface area contributed by atoms with Gasteiger partial charge in [0.15, 0.2) is 0 Å². The van der Waals surface area contributed by atoms with E-state index in [-0.39, 0.29) is 0 Å². The Morgan fingerprint density at radius 3 is 3.08 bits per heavy atom. The minimum absolute atomic E-state index is 0.692. The van der Waals surface area contributed by atoms with E-state index in [1.54, 1.807) is 0 Å². The fraction of sp³-hybridized carbons (Fsp3) is 0.455. The molecule has 0 fully saturated rings. The summed E-state index contributed by atoms with van der Waals surface area (Å²) in [5.41, 5.74) is 1.36. The van der Waals surface area contributed by atoms with Gasteiger partial charge in [-0.25, -0.2) is 0 Å². The van der Waals surface area contributed by atoms with Crippen LogP contribution in [0, 0.1) is 5.92 Å². The summed E-state index contributed by atoms with van der Waals surface area (Å²) in [6.07, 6.45) is 2.41. The SMILES string of the molecule is CC1CCc2ccccc2OC1. The van der Waals surface area contributed by atoms with E-state index in [1.165, 1.54) is 12.0 Å². The number of fused-ring (bicyclic) bond motifs is 1. The minimum Gasteiger partial charge on any atom is -0.493 e. The number of rotatable bonds is 0. The Morgan fingerprint density at radius 1 is 1.33 bits per heavy atom. The molecule has 12 heavy (non-hydrogen) atoms. The highest BCUT2D eigenvalue weighted by molar-refractivity contribution is 5.33. The standard InChI is InChI=1S/C11H14O/c1-9-6-7-10-4-2-3-5-11(10)12-8-9/h2-5,9H,6-8H2,1H3. The summed E-state index contributed by atoms with van der Waals surface area (Å²) >= 11 is 0. The van der Waals surface area contributed by atoms with E-state index in [2.05, 4.69) is 25.1 Å². The molecule has 0 saturated heterocycles. The van der Waals surface area contributed by atoms with E-state index in [1.807, 2.05) is 6.07 Å². The van der Waals surface area contributed by atoms with E-state index >= 15 is 0 Å². The van der Waals surface area contributed by atoms with Crippen molar-refractivity contribution in [2.45, 2.75) is 19.8 Å². The predicted molar refractivity (Wildman–Crippen MR) is 49.4 cm³/mol. The molecule has 1 unspecified atom stereocenters. The van der Waals surface area contributed by atoms with Crippen molar-refractivity contribution in [2.24, 2.45) is 5.92 Å². The lowest BCUT2D eigenvalue weighted by molar-refractivity contribution is 0.265. The first kappa shape index (κ1) is 7.66. The van der Waals surface area contributed by atoms with Gasteiger partial charge in [0, 0.05) is 0 Å². The van der Waals surface area contributed by atoms with Crippen LogP contribution in [0.15, 0.2) is 24.3 Å². The maximum atomic E-state index is 5.66. The Hall–Kier alpha value is -0.980. The Bertz CT molecular complexity index is 240. The molecule has 1 aromatic carbocycles. The molecule has 1 aromatic rings. The van der Waals surface area contributed by atoms with Gasteiger partial charge in [-0.3, -0.25) is 0 Å². The Labute approximate surface area is 73.4 Å². The fourth-order valence-corrected chi connectivity index (χ4v) is 1.57. The highest BCUT2D eigenvalue weighted by atomic mass is 16.5. The average Bonchev–Trinajstić information content (AvgIpc) is 2.29. The van der Waals surface area contributed by atoms with Gasteiger partial charge in [0.2, 0.25) is 0 Å². The van der Waals surface area contributed by atoms with Crippen LogP contribution in [0.4, 0.5) is 0 Å². The highest BCUT2D eigenvalue weighted by Gasteiger charge is 2.12. The molecule has 1 atom stereocenters. The average molecular weight is 162 g/mol. The highest BCUT2D eigenvalue weighted by Crippen LogP contribution is 2.25. The van der Waals surface area contributed by atoms with Crippen LogP contribution >= 0.6 is 0 Å². The summed E-state index contributed by atoms with van der Waals surface area (Å²) in [6.45, 7) is 3.11. The lowest BCUT2D eigenvalue weighted by Crippen LogP contribution is -2.05. The van der Waals surface area contributed by atoms with Crippen molar-refractivity contribution in [3.05, 3.63) is 29.8 Å². The van der Waals surface area contributed by atoms with Crippen LogP contribution in [-0.2, 0) is 6.42 Å². The molecule has 0 aliphatic carbocycles. The molecular formula is C11H14O.